The first-order valence-electron chi connectivity index (χ1n) is 14.2. The van der Waals surface area contributed by atoms with Crippen LogP contribution in [-0.2, 0) is 9.53 Å². The van der Waals surface area contributed by atoms with E-state index in [4.69, 9.17) is 19.7 Å². The minimum Gasteiger partial charge on any atom is -0.378 e. The number of anilines is 4. The molecule has 0 radical (unpaired) electrons. The van der Waals surface area contributed by atoms with E-state index in [-0.39, 0.29) is 11.8 Å². The number of nitrogens with zero attached hydrogens (tertiary/aromatic N) is 7. The Hall–Kier alpha value is -3.70. The summed E-state index contributed by atoms with van der Waals surface area (Å²) in [6.45, 7) is 10.3. The molecule has 210 valence electrons. The minimum atomic E-state index is -0.0566. The molecule has 0 spiro atoms. The van der Waals surface area contributed by atoms with Crippen molar-refractivity contribution in [2.24, 2.45) is 5.92 Å². The highest BCUT2D eigenvalue weighted by atomic mass is 32.1. The van der Waals surface area contributed by atoms with E-state index in [9.17, 15) is 4.79 Å². The zero-order valence-electron chi connectivity index (χ0n) is 23.1. The van der Waals surface area contributed by atoms with Gasteiger partial charge in [-0.25, -0.2) is 4.98 Å². The average Bonchev–Trinajstić information content (AvgIpc) is 3.69. The second-order valence-electron chi connectivity index (χ2n) is 10.2. The predicted molar refractivity (Wildman–Crippen MR) is 160 cm³/mol. The summed E-state index contributed by atoms with van der Waals surface area (Å²) < 4.78 is 7.50. The molecule has 1 amide bonds. The van der Waals surface area contributed by atoms with Crippen LogP contribution in [0.3, 0.4) is 0 Å². The summed E-state index contributed by atoms with van der Waals surface area (Å²) in [6.07, 6.45) is 3.62. The number of carbonyl (C=O) groups excluding carboxylic acids is 1. The van der Waals surface area contributed by atoms with E-state index < -0.39 is 0 Å². The molecule has 11 heteroatoms. The SMILES string of the molecule is CCN(CC)C(=O)C1CCCN(c2nc(Nc3ccc(N4CCOCC4)cc3)c3ncn(-c4ccsc4)c3n2)C1. The highest BCUT2D eigenvalue weighted by Gasteiger charge is 2.30. The highest BCUT2D eigenvalue weighted by Crippen LogP contribution is 2.31. The molecule has 5 heterocycles. The zero-order valence-corrected chi connectivity index (χ0v) is 23.9. The number of thiophene rings is 1. The number of nitrogens with one attached hydrogen (secondary N) is 1. The van der Waals surface area contributed by atoms with Gasteiger partial charge in [0.05, 0.1) is 24.8 Å². The highest BCUT2D eigenvalue weighted by molar-refractivity contribution is 7.08. The molecule has 6 rings (SSSR count). The molecule has 0 aliphatic carbocycles. The van der Waals surface area contributed by atoms with Gasteiger partial charge >= 0.3 is 0 Å². The Morgan fingerprint density at radius 2 is 1.85 bits per heavy atom. The fraction of sp³-hybridized carbons (Fsp3) is 0.448. The Balaban J connectivity index is 1.32. The number of imidazole rings is 1. The third kappa shape index (κ3) is 5.35. The molecule has 3 aromatic heterocycles. The van der Waals surface area contributed by atoms with Gasteiger partial charge in [0.2, 0.25) is 11.9 Å². The van der Waals surface area contributed by atoms with Gasteiger partial charge in [-0.3, -0.25) is 9.36 Å². The Morgan fingerprint density at radius 1 is 1.05 bits per heavy atom. The summed E-state index contributed by atoms with van der Waals surface area (Å²) in [5.74, 6) is 1.44. The largest absolute Gasteiger partial charge is 0.378 e. The van der Waals surface area contributed by atoms with Gasteiger partial charge < -0.3 is 24.8 Å². The van der Waals surface area contributed by atoms with Crippen LogP contribution in [0.2, 0.25) is 0 Å². The van der Waals surface area contributed by atoms with Crippen LogP contribution < -0.4 is 15.1 Å². The van der Waals surface area contributed by atoms with E-state index >= 15 is 0 Å². The lowest BCUT2D eigenvalue weighted by Crippen LogP contribution is -2.45. The van der Waals surface area contributed by atoms with Gasteiger partial charge in [-0.2, -0.15) is 21.3 Å². The molecule has 40 heavy (non-hydrogen) atoms. The minimum absolute atomic E-state index is 0.0566. The maximum atomic E-state index is 13.2. The lowest BCUT2D eigenvalue weighted by Gasteiger charge is -2.34. The molecule has 0 bridgehead atoms. The van der Waals surface area contributed by atoms with Crippen LogP contribution in [0.1, 0.15) is 26.7 Å². The molecule has 1 unspecified atom stereocenters. The zero-order chi connectivity index (χ0) is 27.5. The molecule has 2 saturated heterocycles. The second kappa shape index (κ2) is 11.8. The van der Waals surface area contributed by atoms with E-state index in [0.29, 0.717) is 23.8 Å². The van der Waals surface area contributed by atoms with Crippen molar-refractivity contribution in [1.82, 2.24) is 24.4 Å². The number of carbonyl (C=O) groups is 1. The van der Waals surface area contributed by atoms with Gasteiger partial charge in [-0.15, -0.1) is 0 Å². The maximum absolute atomic E-state index is 13.2. The second-order valence-corrected chi connectivity index (χ2v) is 11.0. The van der Waals surface area contributed by atoms with Crippen molar-refractivity contribution in [3.05, 3.63) is 47.4 Å². The maximum Gasteiger partial charge on any atom is 0.229 e. The number of fused-ring (bicyclic) bond motifs is 1. The molecular formula is C29H36N8O2S. The summed E-state index contributed by atoms with van der Waals surface area (Å²) in [5.41, 5.74) is 4.59. The van der Waals surface area contributed by atoms with Crippen LogP contribution in [0.5, 0.6) is 0 Å². The Bertz CT molecular complexity index is 1430. The Labute approximate surface area is 238 Å². The van der Waals surface area contributed by atoms with Crippen LogP contribution in [-0.4, -0.2) is 82.8 Å². The third-order valence-corrected chi connectivity index (χ3v) is 8.47. The predicted octanol–water partition coefficient (Wildman–Crippen LogP) is 4.54. The van der Waals surface area contributed by atoms with Crippen LogP contribution in [0.15, 0.2) is 47.4 Å². The summed E-state index contributed by atoms with van der Waals surface area (Å²) in [7, 11) is 0. The van der Waals surface area contributed by atoms with Gasteiger partial charge in [0.15, 0.2) is 17.0 Å². The van der Waals surface area contributed by atoms with Crippen molar-refractivity contribution in [1.29, 1.82) is 0 Å². The van der Waals surface area contributed by atoms with Gasteiger partial charge in [-0.05, 0) is 62.4 Å². The molecule has 4 aromatic rings. The third-order valence-electron chi connectivity index (χ3n) is 7.80. The Morgan fingerprint density at radius 3 is 2.58 bits per heavy atom. The number of piperidine rings is 1. The van der Waals surface area contributed by atoms with E-state index in [1.165, 1.54) is 5.69 Å². The van der Waals surface area contributed by atoms with Crippen LogP contribution in [0, 0.1) is 5.92 Å². The smallest absolute Gasteiger partial charge is 0.229 e. The lowest BCUT2D eigenvalue weighted by atomic mass is 9.96. The van der Waals surface area contributed by atoms with Crippen molar-refractivity contribution in [3.63, 3.8) is 0 Å². The van der Waals surface area contributed by atoms with Crippen molar-refractivity contribution in [2.75, 3.05) is 67.6 Å². The van der Waals surface area contributed by atoms with Crippen molar-refractivity contribution >= 4 is 51.5 Å². The van der Waals surface area contributed by atoms with E-state index in [1.54, 1.807) is 17.7 Å². The van der Waals surface area contributed by atoms with E-state index in [0.717, 1.165) is 75.8 Å². The van der Waals surface area contributed by atoms with Crippen molar-refractivity contribution in [2.45, 2.75) is 26.7 Å². The monoisotopic (exact) mass is 560 g/mol. The fourth-order valence-corrected chi connectivity index (χ4v) is 6.20. The fourth-order valence-electron chi connectivity index (χ4n) is 5.57. The number of rotatable bonds is 8. The topological polar surface area (TPSA) is 91.7 Å². The molecule has 1 N–H and O–H groups in total. The number of ether oxygens (including phenoxy) is 1. The first kappa shape index (κ1) is 26.5. The van der Waals surface area contributed by atoms with Gasteiger partial charge in [0.25, 0.3) is 0 Å². The standard InChI is InChI=1S/C29H36N8O2S/c1-3-34(4-2)28(38)21-6-5-12-36(18-21)29-32-26(25-27(33-29)37(20-30-25)24-11-17-40-19-24)31-22-7-9-23(10-8-22)35-13-15-39-16-14-35/h7-11,17,19-21H,3-6,12-16,18H2,1-2H3,(H,31,32,33). The number of morpholine rings is 1. The van der Waals surface area contributed by atoms with E-state index in [1.807, 2.05) is 28.7 Å². The number of hydrogen-bond acceptors (Lipinski definition) is 9. The van der Waals surface area contributed by atoms with Crippen LogP contribution in [0.25, 0.3) is 16.9 Å². The van der Waals surface area contributed by atoms with Gasteiger partial charge in [0.1, 0.15) is 6.33 Å². The lowest BCUT2D eigenvalue weighted by molar-refractivity contribution is -0.135. The molecule has 2 fully saturated rings. The average molecular weight is 561 g/mol. The summed E-state index contributed by atoms with van der Waals surface area (Å²) >= 11 is 1.64. The van der Waals surface area contributed by atoms with E-state index in [2.05, 4.69) is 50.8 Å². The molecule has 1 atom stereocenters. The van der Waals surface area contributed by atoms with Crippen molar-refractivity contribution < 1.29 is 9.53 Å². The number of benzene rings is 1. The van der Waals surface area contributed by atoms with Crippen molar-refractivity contribution in [3.8, 4) is 5.69 Å². The quantitative estimate of drug-likeness (QED) is 0.336. The number of hydrogen-bond donors (Lipinski definition) is 1. The molecular weight excluding hydrogens is 524 g/mol. The number of amides is 1. The summed E-state index contributed by atoms with van der Waals surface area (Å²) in [5, 5.41) is 7.65. The molecule has 2 aliphatic rings. The molecule has 10 nitrogen and oxygen atoms in total. The first-order chi connectivity index (χ1) is 19.6. The Kier molecular flexibility index (Phi) is 7.83. The molecule has 2 aliphatic heterocycles. The van der Waals surface area contributed by atoms with Gasteiger partial charge in [0, 0.05) is 56.0 Å². The van der Waals surface area contributed by atoms with Crippen LogP contribution in [0.4, 0.5) is 23.1 Å². The normalized spacial score (nSPS) is 17.8. The summed E-state index contributed by atoms with van der Waals surface area (Å²) in [4.78, 5) is 34.3. The number of aromatic nitrogens is 4. The molecule has 1 aromatic carbocycles. The molecule has 0 saturated carbocycles. The summed E-state index contributed by atoms with van der Waals surface area (Å²) in [6, 6.07) is 10.5. The van der Waals surface area contributed by atoms with Crippen LogP contribution >= 0.6 is 11.3 Å². The van der Waals surface area contributed by atoms with Gasteiger partial charge in [-0.1, -0.05) is 0 Å². The first-order valence-corrected chi connectivity index (χ1v) is 15.1.